The first-order valence-electron chi connectivity index (χ1n) is 18.5. The highest BCUT2D eigenvalue weighted by Crippen LogP contribution is 2.23. The topological polar surface area (TPSA) is 278 Å². The van der Waals surface area contributed by atoms with Gasteiger partial charge in [0.05, 0.1) is 36.1 Å². The summed E-state index contributed by atoms with van der Waals surface area (Å²) in [4.78, 5) is 75.3. The summed E-state index contributed by atoms with van der Waals surface area (Å²) >= 11 is 0. The zero-order valence-corrected chi connectivity index (χ0v) is 34.0. The molecule has 4 aromatic heterocycles. The van der Waals surface area contributed by atoms with Gasteiger partial charge in [-0.05, 0) is 49.9 Å². The van der Waals surface area contributed by atoms with Crippen molar-refractivity contribution >= 4 is 51.8 Å². The lowest BCUT2D eigenvalue weighted by Crippen LogP contribution is -2.41. The third-order valence-electron chi connectivity index (χ3n) is 9.24. The van der Waals surface area contributed by atoms with Crippen LogP contribution in [0.4, 0.5) is 17.6 Å². The minimum absolute atomic E-state index is 0. The number of piperidine rings is 2. The first-order chi connectivity index (χ1) is 27.8. The van der Waals surface area contributed by atoms with Gasteiger partial charge in [0.2, 0.25) is 34.5 Å². The molecule has 20 heteroatoms. The molecule has 7 N–H and O–H groups in total. The van der Waals surface area contributed by atoms with Crippen molar-refractivity contribution in [2.45, 2.75) is 71.1 Å². The van der Waals surface area contributed by atoms with Crippen LogP contribution in [0, 0.1) is 0 Å². The van der Waals surface area contributed by atoms with E-state index in [-0.39, 0.29) is 64.6 Å². The predicted molar refractivity (Wildman–Crippen MR) is 223 cm³/mol. The zero-order valence-electron chi connectivity index (χ0n) is 33.2. The number of rotatable bonds is 10. The number of aromatic nitrogens is 6. The summed E-state index contributed by atoms with van der Waals surface area (Å²) in [6.07, 6.45) is 9.17. The fraction of sp³-hybridized carbons (Fsp3) is 0.436. The molecule has 0 bridgehead atoms. The minimum Gasteiger partial charge on any atom is -0.494 e. The van der Waals surface area contributed by atoms with Crippen molar-refractivity contribution in [3.05, 3.63) is 71.6 Å². The van der Waals surface area contributed by atoms with Crippen molar-refractivity contribution < 1.29 is 32.9 Å². The van der Waals surface area contributed by atoms with Gasteiger partial charge < -0.3 is 41.8 Å². The van der Waals surface area contributed by atoms with Crippen molar-refractivity contribution in [3.63, 3.8) is 0 Å². The molecule has 6 heterocycles. The third-order valence-corrected chi connectivity index (χ3v) is 10.4. The molecule has 2 aliphatic rings. The molecule has 1 unspecified atom stereocenters. The maximum Gasteiger partial charge on any atom is 0.224 e. The van der Waals surface area contributed by atoms with Gasteiger partial charge in [-0.3, -0.25) is 23.4 Å². The van der Waals surface area contributed by atoms with Crippen molar-refractivity contribution in [2.24, 2.45) is 5.73 Å². The number of anilines is 3. The number of amides is 2. The highest BCUT2D eigenvalue weighted by molar-refractivity contribution is 7.84. The monoisotopic (exact) mass is 834 g/mol. The molecule has 2 saturated heterocycles. The molecule has 2 aliphatic heterocycles. The molecule has 0 radical (unpaired) electrons. The van der Waals surface area contributed by atoms with Crippen LogP contribution in [0.1, 0.15) is 86.0 Å². The third kappa shape index (κ3) is 12.9. The number of carbonyl (C=O) groups is 4. The highest BCUT2D eigenvalue weighted by Gasteiger charge is 2.24. The van der Waals surface area contributed by atoms with E-state index in [0.717, 1.165) is 38.8 Å². The van der Waals surface area contributed by atoms with Gasteiger partial charge in [0.25, 0.3) is 0 Å². The van der Waals surface area contributed by atoms with Gasteiger partial charge in [0.15, 0.2) is 11.4 Å². The Balaban J connectivity index is 0.000000258. The normalized spacial score (nSPS) is 14.5. The van der Waals surface area contributed by atoms with Crippen molar-refractivity contribution in [1.82, 2.24) is 39.7 Å². The summed E-state index contributed by atoms with van der Waals surface area (Å²) in [6, 6.07) is 7.08. The summed E-state index contributed by atoms with van der Waals surface area (Å²) in [5, 5.41) is 3.33. The summed E-state index contributed by atoms with van der Waals surface area (Å²) in [5.41, 5.74) is 18.0. The molecular weight excluding hydrogens is 781 g/mol. The van der Waals surface area contributed by atoms with E-state index in [1.54, 1.807) is 45.0 Å². The van der Waals surface area contributed by atoms with E-state index < -0.39 is 22.4 Å². The fourth-order valence-corrected chi connectivity index (χ4v) is 6.50. The average molecular weight is 835 g/mol. The Kier molecular flexibility index (Phi) is 18.2. The molecular formula is C39H54N12O7S. The lowest BCUT2D eigenvalue weighted by atomic mass is 10.1. The van der Waals surface area contributed by atoms with Gasteiger partial charge in [-0.15, -0.1) is 0 Å². The number of pyridine rings is 2. The Bertz CT molecular complexity index is 2090. The van der Waals surface area contributed by atoms with Gasteiger partial charge in [-0.25, -0.2) is 24.9 Å². The number of methoxy groups -OCH3 is 2. The van der Waals surface area contributed by atoms with Gasteiger partial charge in [-0.2, -0.15) is 4.98 Å². The van der Waals surface area contributed by atoms with Gasteiger partial charge in [-0.1, -0.05) is 14.4 Å². The maximum absolute atomic E-state index is 12.7. The van der Waals surface area contributed by atoms with Gasteiger partial charge in [0.1, 0.15) is 23.1 Å². The second-order valence-corrected chi connectivity index (χ2v) is 14.7. The second kappa shape index (κ2) is 22.7. The number of ketones is 2. The number of nitrogens with two attached hydrogens (primary N) is 3. The zero-order chi connectivity index (χ0) is 42.4. The minimum atomic E-state index is -1.33. The van der Waals surface area contributed by atoms with Crippen LogP contribution in [0.2, 0.25) is 0 Å². The van der Waals surface area contributed by atoms with Gasteiger partial charge in [0, 0.05) is 82.7 Å². The molecule has 0 aromatic carbocycles. The van der Waals surface area contributed by atoms with Crippen LogP contribution in [0.15, 0.2) is 54.2 Å². The van der Waals surface area contributed by atoms with E-state index in [1.807, 2.05) is 9.80 Å². The number of likely N-dealkylation sites (tertiary alicyclic amines) is 2. The van der Waals surface area contributed by atoms with Crippen LogP contribution < -0.4 is 32.0 Å². The fourth-order valence-electron chi connectivity index (χ4n) is 5.87. The Morgan fingerprint density at radius 1 is 0.763 bits per heavy atom. The Labute approximate surface area is 346 Å². The lowest BCUT2D eigenvalue weighted by Gasteiger charge is -2.31. The highest BCUT2D eigenvalue weighted by atomic mass is 32.2. The molecule has 0 spiro atoms. The molecule has 59 heavy (non-hydrogen) atoms. The molecule has 2 amide bonds. The number of nitrogen functional groups attached to an aromatic ring is 2. The molecule has 4 aromatic rings. The Morgan fingerprint density at radius 3 is 1.64 bits per heavy atom. The number of carbonyl (C=O) groups excluding carboxylic acids is 4. The van der Waals surface area contributed by atoms with Crippen LogP contribution in [-0.4, -0.2) is 126 Å². The number of hydrogen-bond donors (Lipinski definition) is 4. The molecule has 0 saturated carbocycles. The summed E-state index contributed by atoms with van der Waals surface area (Å²) in [6.45, 7) is 8.00. The van der Waals surface area contributed by atoms with Crippen LogP contribution in [0.5, 0.6) is 11.5 Å². The van der Waals surface area contributed by atoms with Crippen molar-refractivity contribution in [1.29, 1.82) is 0 Å². The predicted octanol–water partition coefficient (Wildman–Crippen LogP) is 2.53. The SMILES string of the molecule is C.CC(=O)N1CCC(N)CC1.CCS(=O)c1ncc(C(=O)c2ncccc2OC)c(N)n1.COc1cccnc1C(=O)c1cnc(NC2CCN(C(C)=O)CC2)nc1N. The first kappa shape index (κ1) is 47.2. The molecule has 0 aliphatic carbocycles. The quantitative estimate of drug-likeness (QED) is 0.132. The maximum atomic E-state index is 12.7. The molecule has 318 valence electrons. The summed E-state index contributed by atoms with van der Waals surface area (Å²) in [7, 11) is 1.59. The number of nitrogens with one attached hydrogen (secondary N) is 1. The Hall–Kier alpha value is -6.15. The number of hydrogen-bond acceptors (Lipinski definition) is 17. The summed E-state index contributed by atoms with van der Waals surface area (Å²) < 4.78 is 21.9. The van der Waals surface area contributed by atoms with Crippen molar-refractivity contribution in [3.8, 4) is 11.5 Å². The molecule has 2 fully saturated rings. The summed E-state index contributed by atoms with van der Waals surface area (Å²) in [5.74, 6) is 0.896. The van der Waals surface area contributed by atoms with E-state index >= 15 is 0 Å². The van der Waals surface area contributed by atoms with Crippen molar-refractivity contribution in [2.75, 3.05) is 62.9 Å². The van der Waals surface area contributed by atoms with E-state index in [2.05, 4.69) is 35.2 Å². The van der Waals surface area contributed by atoms with Crippen LogP contribution in [-0.2, 0) is 20.4 Å². The standard InChI is InChI=1S/C18H22N6O3.C13H14N4O3S.C7H14N2O.CH4/c1-11(25)24-8-5-12(6-9-24)22-18-21-10-13(17(19)23-18)16(26)15-14(27-2)4-3-7-20-15;1-3-21(19)13-16-7-8(12(14)17-13)11(18)10-9(20-2)5-4-6-15-10;1-6(10)9-4-2-7(8)3-5-9;/h3-4,7,10,12H,5-6,8-9H2,1-2H3,(H3,19,21,22,23);4-7H,3H2,1-2H3,(H2,14,16,17);7H,2-5,8H2,1H3;1H4. The molecule has 6 rings (SSSR count). The largest absolute Gasteiger partial charge is 0.494 e. The Morgan fingerprint density at radius 2 is 1.22 bits per heavy atom. The number of nitrogens with zero attached hydrogens (tertiary/aromatic N) is 8. The van der Waals surface area contributed by atoms with E-state index in [0.29, 0.717) is 42.3 Å². The van der Waals surface area contributed by atoms with E-state index in [1.165, 1.54) is 39.0 Å². The van der Waals surface area contributed by atoms with Crippen LogP contribution in [0.25, 0.3) is 0 Å². The second-order valence-electron chi connectivity index (χ2n) is 13.1. The first-order valence-corrected chi connectivity index (χ1v) is 19.8. The lowest BCUT2D eigenvalue weighted by molar-refractivity contribution is -0.130. The van der Waals surface area contributed by atoms with Gasteiger partial charge >= 0.3 is 0 Å². The smallest absolute Gasteiger partial charge is 0.224 e. The number of ether oxygens (including phenoxy) is 2. The average Bonchev–Trinajstić information content (AvgIpc) is 3.23. The van der Waals surface area contributed by atoms with Crippen LogP contribution >= 0.6 is 0 Å². The van der Waals surface area contributed by atoms with E-state index in [9.17, 15) is 23.4 Å². The molecule has 19 nitrogen and oxygen atoms in total. The molecule has 1 atom stereocenters. The van der Waals surface area contributed by atoms with E-state index in [4.69, 9.17) is 26.7 Å². The van der Waals surface area contributed by atoms with Crippen LogP contribution in [0.3, 0.4) is 0 Å².